The number of nitrogens with one attached hydrogen (secondary N) is 1. The molecular weight excluding hydrogens is 244 g/mol. The van der Waals surface area contributed by atoms with Crippen LogP contribution >= 0.6 is 11.8 Å². The summed E-state index contributed by atoms with van der Waals surface area (Å²) in [5.74, 6) is 2.87. The van der Waals surface area contributed by atoms with Crippen molar-refractivity contribution in [3.63, 3.8) is 0 Å². The molecule has 0 radical (unpaired) electrons. The molecule has 1 aromatic carbocycles. The summed E-state index contributed by atoms with van der Waals surface area (Å²) >= 11 is 1.87. The third kappa shape index (κ3) is 3.82. The van der Waals surface area contributed by atoms with Crippen LogP contribution in [0.15, 0.2) is 23.1 Å². The van der Waals surface area contributed by atoms with Gasteiger partial charge in [0.25, 0.3) is 0 Å². The van der Waals surface area contributed by atoms with Crippen molar-refractivity contribution in [2.24, 2.45) is 5.92 Å². The van der Waals surface area contributed by atoms with E-state index in [1.165, 1.54) is 37.2 Å². The number of piperidine rings is 1. The molecule has 0 amide bonds. The molecule has 0 bridgehead atoms. The first kappa shape index (κ1) is 13.6. The van der Waals surface area contributed by atoms with Crippen LogP contribution in [-0.4, -0.2) is 26.0 Å². The van der Waals surface area contributed by atoms with Crippen molar-refractivity contribution in [1.29, 1.82) is 0 Å². The van der Waals surface area contributed by atoms with Gasteiger partial charge in [-0.1, -0.05) is 0 Å². The lowest BCUT2D eigenvalue weighted by Crippen LogP contribution is -2.29. The van der Waals surface area contributed by atoms with Crippen LogP contribution in [0.2, 0.25) is 0 Å². The number of nitrogens with two attached hydrogens (primary N) is 1. The lowest BCUT2D eigenvalue weighted by Gasteiger charge is -2.22. The van der Waals surface area contributed by atoms with Crippen molar-refractivity contribution >= 4 is 17.4 Å². The molecule has 0 aliphatic carbocycles. The van der Waals surface area contributed by atoms with Crippen molar-refractivity contribution in [1.82, 2.24) is 5.32 Å². The van der Waals surface area contributed by atoms with E-state index in [0.717, 1.165) is 23.1 Å². The van der Waals surface area contributed by atoms with Gasteiger partial charge in [0.15, 0.2) is 0 Å². The zero-order chi connectivity index (χ0) is 12.8. The fraction of sp³-hybridized carbons (Fsp3) is 0.571. The van der Waals surface area contributed by atoms with Crippen LogP contribution in [0.25, 0.3) is 0 Å². The van der Waals surface area contributed by atoms with Crippen LogP contribution in [0.4, 0.5) is 5.69 Å². The summed E-state index contributed by atoms with van der Waals surface area (Å²) in [6.07, 6.45) is 3.96. The quantitative estimate of drug-likeness (QED) is 0.635. The van der Waals surface area contributed by atoms with E-state index in [-0.39, 0.29) is 0 Å². The van der Waals surface area contributed by atoms with Gasteiger partial charge in [0.2, 0.25) is 0 Å². The predicted octanol–water partition coefficient (Wildman–Crippen LogP) is 2.76. The van der Waals surface area contributed by atoms with Gasteiger partial charge in [-0.2, -0.15) is 0 Å². The zero-order valence-corrected chi connectivity index (χ0v) is 11.8. The van der Waals surface area contributed by atoms with E-state index >= 15 is 0 Å². The molecule has 1 heterocycles. The summed E-state index contributed by atoms with van der Waals surface area (Å²) in [6, 6.07) is 5.88. The minimum Gasteiger partial charge on any atom is -0.496 e. The van der Waals surface area contributed by atoms with Gasteiger partial charge in [-0.3, -0.25) is 0 Å². The Bertz CT molecular complexity index is 378. The zero-order valence-electron chi connectivity index (χ0n) is 10.9. The Labute approximate surface area is 113 Å². The van der Waals surface area contributed by atoms with Crippen molar-refractivity contribution < 1.29 is 4.74 Å². The molecule has 1 aliphatic rings. The van der Waals surface area contributed by atoms with Gasteiger partial charge in [0.05, 0.1) is 7.11 Å². The Morgan fingerprint density at radius 2 is 2.39 bits per heavy atom. The number of benzene rings is 1. The molecule has 0 spiro atoms. The van der Waals surface area contributed by atoms with E-state index in [0.29, 0.717) is 0 Å². The van der Waals surface area contributed by atoms with Gasteiger partial charge in [-0.05, 0) is 56.2 Å². The number of thioether (sulfide) groups is 1. The number of rotatable bonds is 5. The molecule has 1 unspecified atom stereocenters. The molecule has 1 atom stereocenters. The average molecular weight is 266 g/mol. The molecule has 4 heteroatoms. The molecule has 3 N–H and O–H groups in total. The maximum absolute atomic E-state index is 5.75. The summed E-state index contributed by atoms with van der Waals surface area (Å²) in [7, 11) is 1.70. The smallest absolute Gasteiger partial charge is 0.134 e. The molecule has 1 aromatic rings. The van der Waals surface area contributed by atoms with Crippen LogP contribution in [0.3, 0.4) is 0 Å². The number of hydrogen-bond donors (Lipinski definition) is 2. The summed E-state index contributed by atoms with van der Waals surface area (Å²) in [5, 5.41) is 3.46. The number of ether oxygens (including phenoxy) is 1. The Hall–Kier alpha value is -0.870. The second kappa shape index (κ2) is 6.90. The number of anilines is 1. The maximum atomic E-state index is 5.75. The SMILES string of the molecule is COc1cc(N)ccc1SCCC1CCCNC1. The van der Waals surface area contributed by atoms with Gasteiger partial charge in [-0.25, -0.2) is 0 Å². The van der Waals surface area contributed by atoms with Gasteiger partial charge < -0.3 is 15.8 Å². The highest BCUT2D eigenvalue weighted by Gasteiger charge is 2.13. The number of hydrogen-bond acceptors (Lipinski definition) is 4. The van der Waals surface area contributed by atoms with Crippen molar-refractivity contribution in [3.8, 4) is 5.75 Å². The second-order valence-electron chi connectivity index (χ2n) is 4.76. The fourth-order valence-corrected chi connectivity index (χ4v) is 3.43. The summed E-state index contributed by atoms with van der Waals surface area (Å²) in [6.45, 7) is 2.37. The summed E-state index contributed by atoms with van der Waals surface area (Å²) < 4.78 is 5.36. The van der Waals surface area contributed by atoms with Crippen LogP contribution in [0, 0.1) is 5.92 Å². The van der Waals surface area contributed by atoms with Crippen molar-refractivity contribution in [2.45, 2.75) is 24.2 Å². The van der Waals surface area contributed by atoms with Crippen LogP contribution in [0.5, 0.6) is 5.75 Å². The monoisotopic (exact) mass is 266 g/mol. The highest BCUT2D eigenvalue weighted by atomic mass is 32.2. The van der Waals surface area contributed by atoms with Crippen LogP contribution in [0.1, 0.15) is 19.3 Å². The first-order valence-corrected chi connectivity index (χ1v) is 7.55. The standard InChI is InChI=1S/C14H22N2OS/c1-17-13-9-12(15)4-5-14(13)18-8-6-11-3-2-7-16-10-11/h4-5,9,11,16H,2-3,6-8,10,15H2,1H3. The van der Waals surface area contributed by atoms with E-state index in [1.54, 1.807) is 7.11 Å². The van der Waals surface area contributed by atoms with Gasteiger partial charge in [0, 0.05) is 16.6 Å². The summed E-state index contributed by atoms with van der Waals surface area (Å²) in [4.78, 5) is 1.19. The van der Waals surface area contributed by atoms with Gasteiger partial charge in [0.1, 0.15) is 5.75 Å². The first-order valence-electron chi connectivity index (χ1n) is 6.56. The highest BCUT2D eigenvalue weighted by molar-refractivity contribution is 7.99. The first-order chi connectivity index (χ1) is 8.79. The Morgan fingerprint density at radius 3 is 3.11 bits per heavy atom. The van der Waals surface area contributed by atoms with E-state index in [1.807, 2.05) is 23.9 Å². The number of nitrogen functional groups attached to an aromatic ring is 1. The molecule has 0 saturated carbocycles. The third-order valence-corrected chi connectivity index (χ3v) is 4.46. The van der Waals surface area contributed by atoms with Crippen molar-refractivity contribution in [2.75, 3.05) is 31.7 Å². The molecule has 3 nitrogen and oxygen atoms in total. The van der Waals surface area contributed by atoms with Gasteiger partial charge >= 0.3 is 0 Å². The molecule has 1 saturated heterocycles. The van der Waals surface area contributed by atoms with Crippen molar-refractivity contribution in [3.05, 3.63) is 18.2 Å². The second-order valence-corrected chi connectivity index (χ2v) is 5.90. The van der Waals surface area contributed by atoms with Crippen LogP contribution < -0.4 is 15.8 Å². The maximum Gasteiger partial charge on any atom is 0.134 e. The predicted molar refractivity (Wildman–Crippen MR) is 78.3 cm³/mol. The summed E-state index contributed by atoms with van der Waals surface area (Å²) in [5.41, 5.74) is 6.51. The van der Waals surface area contributed by atoms with Gasteiger partial charge in [-0.15, -0.1) is 11.8 Å². The third-order valence-electron chi connectivity index (χ3n) is 3.37. The average Bonchev–Trinajstić information content (AvgIpc) is 2.41. The lowest BCUT2D eigenvalue weighted by atomic mass is 9.97. The van der Waals surface area contributed by atoms with E-state index < -0.39 is 0 Å². The molecule has 100 valence electrons. The normalized spacial score (nSPS) is 19.7. The lowest BCUT2D eigenvalue weighted by molar-refractivity contribution is 0.371. The minimum atomic E-state index is 0.757. The molecule has 18 heavy (non-hydrogen) atoms. The fourth-order valence-electron chi connectivity index (χ4n) is 2.31. The Balaban J connectivity index is 1.82. The molecule has 1 fully saturated rings. The van der Waals surface area contributed by atoms with E-state index in [2.05, 4.69) is 11.4 Å². The number of methoxy groups -OCH3 is 1. The molecule has 1 aliphatic heterocycles. The topological polar surface area (TPSA) is 47.3 Å². The van der Waals surface area contributed by atoms with E-state index in [9.17, 15) is 0 Å². The van der Waals surface area contributed by atoms with E-state index in [4.69, 9.17) is 10.5 Å². The van der Waals surface area contributed by atoms with Crippen LogP contribution in [-0.2, 0) is 0 Å². The highest BCUT2D eigenvalue weighted by Crippen LogP contribution is 2.32. The Kier molecular flexibility index (Phi) is 5.20. The molecule has 0 aromatic heterocycles. The largest absolute Gasteiger partial charge is 0.496 e. The molecule has 2 rings (SSSR count). The Morgan fingerprint density at radius 1 is 1.50 bits per heavy atom. The minimum absolute atomic E-state index is 0.757. The molecular formula is C14H22N2OS.